The normalized spacial score (nSPS) is 9.69. The molecule has 0 aliphatic heterocycles. The van der Waals surface area contributed by atoms with Crippen LogP contribution in [0.25, 0.3) is 0 Å². The molecule has 0 saturated carbocycles. The molecule has 1 radical (unpaired) electrons. The molecule has 0 aliphatic rings. The van der Waals surface area contributed by atoms with Crippen molar-refractivity contribution in [2.75, 3.05) is 6.61 Å². The first kappa shape index (κ1) is 9.86. The number of carbonyl (C=O) groups is 1. The summed E-state index contributed by atoms with van der Waals surface area (Å²) < 4.78 is 5.13. The molecule has 0 fully saturated rings. The van der Waals surface area contributed by atoms with E-state index in [4.69, 9.17) is 16.3 Å². The van der Waals surface area contributed by atoms with Gasteiger partial charge in [-0.05, 0) is 25.1 Å². The van der Waals surface area contributed by atoms with Crippen LogP contribution >= 0.6 is 11.6 Å². The third kappa shape index (κ3) is 2.36. The van der Waals surface area contributed by atoms with Crippen molar-refractivity contribution >= 4 is 17.6 Å². The van der Waals surface area contributed by atoms with E-state index in [0.717, 1.165) is 0 Å². The molecule has 1 aromatic carbocycles. The van der Waals surface area contributed by atoms with Crippen molar-refractivity contribution in [3.63, 3.8) is 0 Å². The van der Waals surface area contributed by atoms with Gasteiger partial charge in [-0.2, -0.15) is 0 Å². The highest BCUT2D eigenvalue weighted by atomic mass is 35.5. The summed E-state index contributed by atoms with van der Waals surface area (Å²) in [6, 6.07) is 4.21. The van der Waals surface area contributed by atoms with Gasteiger partial charge in [0, 0.05) is 0 Å². The topological polar surface area (TPSA) is 46.2 Å². The van der Waals surface area contributed by atoms with Crippen molar-refractivity contribution in [2.45, 2.75) is 6.92 Å². The van der Waals surface area contributed by atoms with Crippen molar-refractivity contribution in [3.8, 4) is 5.75 Å². The molecule has 1 rings (SSSR count). The van der Waals surface area contributed by atoms with E-state index in [-0.39, 0.29) is 10.6 Å². The quantitative estimate of drug-likeness (QED) is 0.750. The lowest BCUT2D eigenvalue weighted by atomic mass is 10.2. The third-order valence-corrected chi connectivity index (χ3v) is 1.76. The third-order valence-electron chi connectivity index (χ3n) is 1.47. The largest absolute Gasteiger partial charge is 0.492 e. The molecule has 3 nitrogen and oxygen atoms in total. The van der Waals surface area contributed by atoms with Gasteiger partial charge in [-0.15, -0.1) is 0 Å². The zero-order chi connectivity index (χ0) is 9.84. The molecule has 1 aromatic rings. The van der Waals surface area contributed by atoms with E-state index in [2.05, 4.69) is 0 Å². The lowest BCUT2D eigenvalue weighted by Crippen LogP contribution is -1.96. The molecule has 13 heavy (non-hydrogen) atoms. The van der Waals surface area contributed by atoms with E-state index < -0.39 is 5.97 Å². The standard InChI is InChI=1S/C9H8ClO3/c1-2-13-8-4-3-6(9(11)12)5-7(8)10/h3-5H,2H2,1H3. The number of rotatable bonds is 3. The fourth-order valence-electron chi connectivity index (χ4n) is 0.900. The van der Waals surface area contributed by atoms with Crippen LogP contribution in [0.3, 0.4) is 0 Å². The molecule has 0 atom stereocenters. The van der Waals surface area contributed by atoms with Crippen molar-refractivity contribution in [1.29, 1.82) is 0 Å². The van der Waals surface area contributed by atoms with E-state index in [0.29, 0.717) is 12.4 Å². The fraction of sp³-hybridized carbons (Fsp3) is 0.222. The average molecular weight is 200 g/mol. The SMILES string of the molecule is CCOc1ccc(C([O])=O)cc1Cl. The monoisotopic (exact) mass is 199 g/mol. The molecule has 4 heteroatoms. The molecule has 0 unspecified atom stereocenters. The Balaban J connectivity index is 2.98. The van der Waals surface area contributed by atoms with Crippen LogP contribution in [0.4, 0.5) is 0 Å². The minimum absolute atomic E-state index is 0.0495. The second-order valence-corrected chi connectivity index (χ2v) is 2.77. The van der Waals surface area contributed by atoms with Crippen LogP contribution in [0.15, 0.2) is 18.2 Å². The number of halogens is 1. The number of hydrogen-bond acceptors (Lipinski definition) is 2. The molecular formula is C9H8ClO3. The fourth-order valence-corrected chi connectivity index (χ4v) is 1.14. The van der Waals surface area contributed by atoms with Crippen LogP contribution in [-0.4, -0.2) is 12.6 Å². The highest BCUT2D eigenvalue weighted by Crippen LogP contribution is 2.25. The number of carbonyl (C=O) groups excluding carboxylic acids is 1. The highest BCUT2D eigenvalue weighted by Gasteiger charge is 2.08. The van der Waals surface area contributed by atoms with E-state index >= 15 is 0 Å². The van der Waals surface area contributed by atoms with Crippen LogP contribution in [0, 0.1) is 0 Å². The Morgan fingerprint density at radius 2 is 2.23 bits per heavy atom. The molecule has 0 amide bonds. The Hall–Kier alpha value is -1.22. The molecule has 0 saturated heterocycles. The van der Waals surface area contributed by atoms with Crippen LogP contribution in [0.5, 0.6) is 5.75 Å². The smallest absolute Gasteiger partial charge is 0.386 e. The maximum Gasteiger partial charge on any atom is 0.386 e. The second kappa shape index (κ2) is 4.14. The molecule has 0 N–H and O–H groups in total. The van der Waals surface area contributed by atoms with Gasteiger partial charge < -0.3 is 4.74 Å². The summed E-state index contributed by atoms with van der Waals surface area (Å²) in [5, 5.41) is 10.7. The lowest BCUT2D eigenvalue weighted by molar-refractivity contribution is 0.0573. The van der Waals surface area contributed by atoms with Crippen LogP contribution in [0.1, 0.15) is 17.3 Å². The van der Waals surface area contributed by atoms with E-state index in [1.807, 2.05) is 6.92 Å². The van der Waals surface area contributed by atoms with Crippen LogP contribution in [-0.2, 0) is 5.11 Å². The van der Waals surface area contributed by atoms with E-state index in [1.165, 1.54) is 18.2 Å². The molecular weight excluding hydrogens is 192 g/mol. The maximum absolute atomic E-state index is 10.4. The predicted octanol–water partition coefficient (Wildman–Crippen LogP) is 2.31. The minimum Gasteiger partial charge on any atom is -0.492 e. The first-order valence-corrected chi connectivity index (χ1v) is 4.16. The summed E-state index contributed by atoms with van der Waals surface area (Å²) in [6.45, 7) is 2.31. The van der Waals surface area contributed by atoms with Crippen molar-refractivity contribution in [3.05, 3.63) is 28.8 Å². The molecule has 69 valence electrons. The predicted molar refractivity (Wildman–Crippen MR) is 47.6 cm³/mol. The first-order valence-electron chi connectivity index (χ1n) is 3.79. The summed E-state index contributed by atoms with van der Waals surface area (Å²) in [5.41, 5.74) is 0.0495. The van der Waals surface area contributed by atoms with Gasteiger partial charge in [0.15, 0.2) is 0 Å². The summed E-state index contributed by atoms with van der Waals surface area (Å²) in [4.78, 5) is 10.4. The zero-order valence-electron chi connectivity index (χ0n) is 7.04. The van der Waals surface area contributed by atoms with Gasteiger partial charge >= 0.3 is 5.97 Å². The molecule has 0 spiro atoms. The lowest BCUT2D eigenvalue weighted by Gasteiger charge is -2.04. The van der Waals surface area contributed by atoms with Crippen molar-refractivity contribution in [2.24, 2.45) is 0 Å². The first-order chi connectivity index (χ1) is 6.15. The van der Waals surface area contributed by atoms with Crippen molar-refractivity contribution < 1.29 is 14.6 Å². The molecule has 0 aliphatic carbocycles. The van der Waals surface area contributed by atoms with Gasteiger partial charge in [-0.25, -0.2) is 9.90 Å². The van der Waals surface area contributed by atoms with Crippen LogP contribution in [0.2, 0.25) is 5.02 Å². The maximum atomic E-state index is 10.4. The van der Waals surface area contributed by atoms with Gasteiger partial charge in [0.25, 0.3) is 0 Å². The summed E-state index contributed by atoms with van der Waals surface area (Å²) in [7, 11) is 0. The van der Waals surface area contributed by atoms with Crippen LogP contribution < -0.4 is 4.74 Å². The highest BCUT2D eigenvalue weighted by molar-refractivity contribution is 6.32. The Labute approximate surface area is 80.9 Å². The summed E-state index contributed by atoms with van der Waals surface area (Å²) >= 11 is 5.74. The Kier molecular flexibility index (Phi) is 3.14. The molecule has 0 bridgehead atoms. The Bertz CT molecular complexity index is 323. The average Bonchev–Trinajstić information content (AvgIpc) is 2.08. The summed E-state index contributed by atoms with van der Waals surface area (Å²) in [5.74, 6) is -0.765. The van der Waals surface area contributed by atoms with Gasteiger partial charge in [-0.1, -0.05) is 11.6 Å². The number of benzene rings is 1. The van der Waals surface area contributed by atoms with Gasteiger partial charge in [0.05, 0.1) is 17.2 Å². The van der Waals surface area contributed by atoms with E-state index in [1.54, 1.807) is 0 Å². The number of ether oxygens (including phenoxy) is 1. The zero-order valence-corrected chi connectivity index (χ0v) is 7.80. The van der Waals surface area contributed by atoms with Gasteiger partial charge in [-0.3, -0.25) is 0 Å². The molecule has 0 heterocycles. The molecule has 0 aromatic heterocycles. The van der Waals surface area contributed by atoms with Gasteiger partial charge in [0.1, 0.15) is 5.75 Å². The summed E-state index contributed by atoms with van der Waals surface area (Å²) in [6.07, 6.45) is 0. The number of hydrogen-bond donors (Lipinski definition) is 0. The second-order valence-electron chi connectivity index (χ2n) is 2.37. The van der Waals surface area contributed by atoms with E-state index in [9.17, 15) is 9.90 Å². The Morgan fingerprint density at radius 1 is 1.54 bits per heavy atom. The van der Waals surface area contributed by atoms with Gasteiger partial charge in [0.2, 0.25) is 0 Å². The van der Waals surface area contributed by atoms with Crippen molar-refractivity contribution in [1.82, 2.24) is 0 Å². The minimum atomic E-state index is -1.25. The Morgan fingerprint density at radius 3 is 2.69 bits per heavy atom.